The van der Waals surface area contributed by atoms with E-state index in [0.717, 1.165) is 38.8 Å². The van der Waals surface area contributed by atoms with E-state index in [0.29, 0.717) is 18.4 Å². The van der Waals surface area contributed by atoms with Crippen LogP contribution >= 0.6 is 0 Å². The maximum absolute atomic E-state index is 11.9. The summed E-state index contributed by atoms with van der Waals surface area (Å²) in [7, 11) is 1.96. The first-order valence-electron chi connectivity index (χ1n) is 6.77. The molecule has 2 atom stereocenters. The number of hydrogen-bond donors (Lipinski definition) is 2. The van der Waals surface area contributed by atoms with Gasteiger partial charge in [0, 0.05) is 32.2 Å². The largest absolute Gasteiger partial charge is 0.396 e. The summed E-state index contributed by atoms with van der Waals surface area (Å²) < 4.78 is 0. The van der Waals surface area contributed by atoms with Crippen LogP contribution in [0.5, 0.6) is 0 Å². The van der Waals surface area contributed by atoms with Crippen LogP contribution in [0.3, 0.4) is 0 Å². The van der Waals surface area contributed by atoms with Gasteiger partial charge in [-0.25, -0.2) is 0 Å². The molecular formula is C13H26N2O2. The van der Waals surface area contributed by atoms with Crippen LogP contribution in [0.15, 0.2) is 0 Å². The van der Waals surface area contributed by atoms with Gasteiger partial charge in [0.15, 0.2) is 0 Å². The van der Waals surface area contributed by atoms with E-state index in [4.69, 9.17) is 5.11 Å². The molecule has 0 spiro atoms. The summed E-state index contributed by atoms with van der Waals surface area (Å²) in [6.45, 7) is 4.01. The molecule has 0 aromatic rings. The zero-order valence-electron chi connectivity index (χ0n) is 11.1. The van der Waals surface area contributed by atoms with Gasteiger partial charge in [-0.05, 0) is 38.6 Å². The average Bonchev–Trinajstić information content (AvgIpc) is 2.36. The summed E-state index contributed by atoms with van der Waals surface area (Å²) in [5.41, 5.74) is 0. The van der Waals surface area contributed by atoms with Crippen molar-refractivity contribution in [3.63, 3.8) is 0 Å². The molecule has 17 heavy (non-hydrogen) atoms. The van der Waals surface area contributed by atoms with Gasteiger partial charge in [0.25, 0.3) is 0 Å². The lowest BCUT2D eigenvalue weighted by Crippen LogP contribution is -2.50. The van der Waals surface area contributed by atoms with Crippen molar-refractivity contribution >= 4 is 5.91 Å². The first-order valence-corrected chi connectivity index (χ1v) is 6.77. The van der Waals surface area contributed by atoms with Crippen molar-refractivity contribution in [2.24, 2.45) is 5.92 Å². The van der Waals surface area contributed by atoms with Crippen LogP contribution in [0, 0.1) is 5.92 Å². The topological polar surface area (TPSA) is 52.6 Å². The molecule has 1 aliphatic rings. The van der Waals surface area contributed by atoms with Crippen LogP contribution < -0.4 is 5.32 Å². The number of carbonyl (C=O) groups excluding carboxylic acids is 1. The third-order valence-electron chi connectivity index (χ3n) is 3.53. The maximum atomic E-state index is 11.9. The quantitative estimate of drug-likeness (QED) is 0.730. The minimum absolute atomic E-state index is 0.254. The number of carbonyl (C=O) groups is 1. The minimum atomic E-state index is 0.254. The van der Waals surface area contributed by atoms with E-state index >= 15 is 0 Å². The summed E-state index contributed by atoms with van der Waals surface area (Å²) in [5.74, 6) is 0.815. The molecule has 1 saturated heterocycles. The van der Waals surface area contributed by atoms with Gasteiger partial charge in [0.05, 0.1) is 0 Å². The number of aliphatic hydroxyl groups is 1. The number of piperidine rings is 1. The Hall–Kier alpha value is -0.610. The Labute approximate surface area is 104 Å². The number of rotatable bonds is 6. The smallest absolute Gasteiger partial charge is 0.222 e. The fourth-order valence-corrected chi connectivity index (χ4v) is 2.58. The SMILES string of the molecule is CCCC(=O)N1CC(CCCO)CC(NC)C1. The van der Waals surface area contributed by atoms with Crippen LogP contribution in [-0.4, -0.2) is 48.7 Å². The molecule has 0 aromatic carbocycles. The number of likely N-dealkylation sites (N-methyl/N-ethyl adjacent to an activating group) is 1. The molecule has 0 radical (unpaired) electrons. The van der Waals surface area contributed by atoms with Crippen LogP contribution in [0.4, 0.5) is 0 Å². The minimum Gasteiger partial charge on any atom is -0.396 e. The van der Waals surface area contributed by atoms with Gasteiger partial charge in [-0.3, -0.25) is 4.79 Å². The van der Waals surface area contributed by atoms with E-state index in [1.807, 2.05) is 18.9 Å². The molecule has 4 heteroatoms. The second-order valence-electron chi connectivity index (χ2n) is 5.00. The van der Waals surface area contributed by atoms with Crippen molar-refractivity contribution in [1.82, 2.24) is 10.2 Å². The Bertz CT molecular complexity index is 233. The van der Waals surface area contributed by atoms with Gasteiger partial charge in [0.2, 0.25) is 5.91 Å². The van der Waals surface area contributed by atoms with Gasteiger partial charge in [-0.2, -0.15) is 0 Å². The fourth-order valence-electron chi connectivity index (χ4n) is 2.58. The van der Waals surface area contributed by atoms with E-state index in [2.05, 4.69) is 5.32 Å². The molecule has 0 saturated carbocycles. The normalized spacial score (nSPS) is 25.0. The Morgan fingerprint density at radius 2 is 2.24 bits per heavy atom. The highest BCUT2D eigenvalue weighted by molar-refractivity contribution is 5.76. The Morgan fingerprint density at radius 1 is 1.47 bits per heavy atom. The standard InChI is InChI=1S/C13H26N2O2/c1-3-5-13(17)15-9-11(6-4-7-16)8-12(10-15)14-2/h11-12,14,16H,3-10H2,1-2H3. The molecule has 1 amide bonds. The van der Waals surface area contributed by atoms with Gasteiger partial charge < -0.3 is 15.3 Å². The molecule has 0 aromatic heterocycles. The summed E-state index contributed by atoms with van der Waals surface area (Å²) in [4.78, 5) is 13.9. The van der Waals surface area contributed by atoms with Crippen molar-refractivity contribution in [3.05, 3.63) is 0 Å². The highest BCUT2D eigenvalue weighted by atomic mass is 16.2. The summed E-state index contributed by atoms with van der Waals surface area (Å²) in [6.07, 6.45) is 4.55. The maximum Gasteiger partial charge on any atom is 0.222 e. The zero-order chi connectivity index (χ0) is 12.7. The van der Waals surface area contributed by atoms with E-state index < -0.39 is 0 Å². The van der Waals surface area contributed by atoms with Crippen LogP contribution in [-0.2, 0) is 4.79 Å². The number of amides is 1. The highest BCUT2D eigenvalue weighted by Crippen LogP contribution is 2.22. The fraction of sp³-hybridized carbons (Fsp3) is 0.923. The second-order valence-corrected chi connectivity index (χ2v) is 5.00. The molecule has 1 rings (SSSR count). The van der Waals surface area contributed by atoms with Gasteiger partial charge in [-0.1, -0.05) is 6.92 Å². The first-order chi connectivity index (χ1) is 8.21. The number of hydrogen-bond acceptors (Lipinski definition) is 3. The van der Waals surface area contributed by atoms with Gasteiger partial charge in [-0.15, -0.1) is 0 Å². The summed E-state index contributed by atoms with van der Waals surface area (Å²) in [5, 5.41) is 12.2. The van der Waals surface area contributed by atoms with Gasteiger partial charge >= 0.3 is 0 Å². The molecule has 0 aliphatic carbocycles. The Morgan fingerprint density at radius 3 is 2.82 bits per heavy atom. The lowest BCUT2D eigenvalue weighted by molar-refractivity contribution is -0.133. The molecule has 0 bridgehead atoms. The zero-order valence-corrected chi connectivity index (χ0v) is 11.1. The Balaban J connectivity index is 2.50. The first kappa shape index (κ1) is 14.5. The lowest BCUT2D eigenvalue weighted by Gasteiger charge is -2.38. The van der Waals surface area contributed by atoms with E-state index in [1.54, 1.807) is 0 Å². The average molecular weight is 242 g/mol. The van der Waals surface area contributed by atoms with Crippen molar-refractivity contribution in [3.8, 4) is 0 Å². The van der Waals surface area contributed by atoms with E-state index in [-0.39, 0.29) is 12.5 Å². The van der Waals surface area contributed by atoms with Crippen molar-refractivity contribution in [1.29, 1.82) is 0 Å². The molecule has 4 nitrogen and oxygen atoms in total. The third kappa shape index (κ3) is 4.64. The molecule has 2 unspecified atom stereocenters. The van der Waals surface area contributed by atoms with Crippen molar-refractivity contribution in [2.45, 2.75) is 45.1 Å². The van der Waals surface area contributed by atoms with Crippen molar-refractivity contribution in [2.75, 3.05) is 26.7 Å². The number of aliphatic hydroxyl groups excluding tert-OH is 1. The monoisotopic (exact) mass is 242 g/mol. The molecule has 1 heterocycles. The third-order valence-corrected chi connectivity index (χ3v) is 3.53. The summed E-state index contributed by atoms with van der Waals surface area (Å²) in [6, 6.07) is 0.410. The molecule has 2 N–H and O–H groups in total. The van der Waals surface area contributed by atoms with Crippen molar-refractivity contribution < 1.29 is 9.90 Å². The van der Waals surface area contributed by atoms with Gasteiger partial charge in [0.1, 0.15) is 0 Å². The van der Waals surface area contributed by atoms with E-state index in [9.17, 15) is 4.79 Å². The highest BCUT2D eigenvalue weighted by Gasteiger charge is 2.28. The molecule has 100 valence electrons. The second kappa shape index (κ2) is 7.67. The molecule has 1 fully saturated rings. The Kier molecular flexibility index (Phi) is 6.52. The van der Waals surface area contributed by atoms with Crippen LogP contribution in [0.25, 0.3) is 0 Å². The van der Waals surface area contributed by atoms with E-state index in [1.165, 1.54) is 0 Å². The van der Waals surface area contributed by atoms with Crippen LogP contribution in [0.1, 0.15) is 39.0 Å². The van der Waals surface area contributed by atoms with Crippen LogP contribution in [0.2, 0.25) is 0 Å². The predicted molar refractivity (Wildman–Crippen MR) is 68.8 cm³/mol. The number of likely N-dealkylation sites (tertiary alicyclic amines) is 1. The number of nitrogens with one attached hydrogen (secondary N) is 1. The molecule has 1 aliphatic heterocycles. The lowest BCUT2D eigenvalue weighted by atomic mass is 9.90. The number of nitrogens with zero attached hydrogens (tertiary/aromatic N) is 1. The summed E-state index contributed by atoms with van der Waals surface area (Å²) >= 11 is 0. The predicted octanol–water partition coefficient (Wildman–Crippen LogP) is 0.995. The molecular weight excluding hydrogens is 216 g/mol.